The lowest BCUT2D eigenvalue weighted by atomic mass is 10.1. The summed E-state index contributed by atoms with van der Waals surface area (Å²) in [5, 5.41) is 2.55. The summed E-state index contributed by atoms with van der Waals surface area (Å²) in [7, 11) is 0. The highest BCUT2D eigenvalue weighted by atomic mass is 127. The Labute approximate surface area is 85.0 Å². The Kier molecular flexibility index (Phi) is 2.00. The zero-order valence-electron chi connectivity index (χ0n) is 6.71. The average molecular weight is 269 g/mol. The van der Waals surface area contributed by atoms with Gasteiger partial charge >= 0.3 is 0 Å². The molecule has 1 heterocycles. The standard InChI is InChI=1S/C10H8IN/c1-7-5-12-6-8-3-2-4-9(11)10(7)8/h2-6H,1H3. The highest BCUT2D eigenvalue weighted by Gasteiger charge is 1.99. The van der Waals surface area contributed by atoms with E-state index in [2.05, 4.69) is 52.7 Å². The lowest BCUT2D eigenvalue weighted by Crippen LogP contribution is -1.83. The predicted molar refractivity (Wildman–Crippen MR) is 59.2 cm³/mol. The maximum Gasteiger partial charge on any atom is 0.0346 e. The monoisotopic (exact) mass is 269 g/mol. The van der Waals surface area contributed by atoms with Crippen LogP contribution in [0.15, 0.2) is 30.6 Å². The Morgan fingerprint density at radius 2 is 2.08 bits per heavy atom. The third kappa shape index (κ3) is 1.20. The molecule has 0 saturated heterocycles. The molecule has 0 amide bonds. The van der Waals surface area contributed by atoms with Gasteiger partial charge in [-0.05, 0) is 41.1 Å². The number of benzene rings is 1. The molecular formula is C10H8IN. The molecule has 2 aromatic rings. The van der Waals surface area contributed by atoms with E-state index in [4.69, 9.17) is 0 Å². The van der Waals surface area contributed by atoms with E-state index in [0.717, 1.165) is 0 Å². The molecule has 2 rings (SSSR count). The number of halogens is 1. The van der Waals surface area contributed by atoms with Crippen LogP contribution in [-0.2, 0) is 0 Å². The fourth-order valence-corrected chi connectivity index (χ4v) is 2.30. The fourth-order valence-electron chi connectivity index (χ4n) is 1.36. The molecule has 1 aromatic carbocycles. The predicted octanol–water partition coefficient (Wildman–Crippen LogP) is 3.15. The number of pyridine rings is 1. The molecule has 0 bridgehead atoms. The normalized spacial score (nSPS) is 10.5. The number of aromatic nitrogens is 1. The zero-order valence-corrected chi connectivity index (χ0v) is 8.87. The summed E-state index contributed by atoms with van der Waals surface area (Å²) in [6, 6.07) is 6.28. The van der Waals surface area contributed by atoms with E-state index >= 15 is 0 Å². The average Bonchev–Trinajstić information content (AvgIpc) is 2.04. The topological polar surface area (TPSA) is 12.9 Å². The van der Waals surface area contributed by atoms with E-state index in [1.807, 2.05) is 12.4 Å². The van der Waals surface area contributed by atoms with Crippen LogP contribution in [0, 0.1) is 10.5 Å². The third-order valence-electron chi connectivity index (χ3n) is 1.92. The first-order valence-electron chi connectivity index (χ1n) is 3.78. The van der Waals surface area contributed by atoms with Crippen LogP contribution in [0.4, 0.5) is 0 Å². The number of rotatable bonds is 0. The highest BCUT2D eigenvalue weighted by molar-refractivity contribution is 14.1. The molecule has 0 fully saturated rings. The highest BCUT2D eigenvalue weighted by Crippen LogP contribution is 2.22. The van der Waals surface area contributed by atoms with Gasteiger partial charge in [0, 0.05) is 26.7 Å². The molecule has 0 aliphatic rings. The summed E-state index contributed by atoms with van der Waals surface area (Å²) in [5.41, 5.74) is 1.25. The molecule has 0 unspecified atom stereocenters. The molecule has 60 valence electrons. The summed E-state index contributed by atoms with van der Waals surface area (Å²) in [6.07, 6.45) is 3.81. The number of nitrogens with zero attached hydrogens (tertiary/aromatic N) is 1. The van der Waals surface area contributed by atoms with Crippen LogP contribution in [0.1, 0.15) is 5.56 Å². The molecule has 1 aromatic heterocycles. The van der Waals surface area contributed by atoms with Crippen molar-refractivity contribution in [1.82, 2.24) is 4.98 Å². The molecule has 0 atom stereocenters. The molecule has 0 spiro atoms. The Morgan fingerprint density at radius 1 is 1.25 bits per heavy atom. The molecule has 0 radical (unpaired) electrons. The number of hydrogen-bond acceptors (Lipinski definition) is 1. The van der Waals surface area contributed by atoms with Gasteiger partial charge in [-0.15, -0.1) is 0 Å². The van der Waals surface area contributed by atoms with Gasteiger partial charge in [-0.2, -0.15) is 0 Å². The van der Waals surface area contributed by atoms with Crippen molar-refractivity contribution < 1.29 is 0 Å². The van der Waals surface area contributed by atoms with E-state index in [1.165, 1.54) is 19.9 Å². The Bertz CT molecular complexity index is 386. The third-order valence-corrected chi connectivity index (χ3v) is 2.82. The SMILES string of the molecule is Cc1cncc2cccc(I)c12. The largest absolute Gasteiger partial charge is 0.264 e. The van der Waals surface area contributed by atoms with Crippen LogP contribution in [0.25, 0.3) is 10.8 Å². The minimum absolute atomic E-state index is 1.22. The number of fused-ring (bicyclic) bond motifs is 1. The van der Waals surface area contributed by atoms with Gasteiger partial charge in [0.15, 0.2) is 0 Å². The van der Waals surface area contributed by atoms with Crippen molar-refractivity contribution in [2.75, 3.05) is 0 Å². The number of aryl methyl sites for hydroxylation is 1. The van der Waals surface area contributed by atoms with Crippen LogP contribution in [0.3, 0.4) is 0 Å². The summed E-state index contributed by atoms with van der Waals surface area (Å²) in [6.45, 7) is 2.09. The van der Waals surface area contributed by atoms with Gasteiger partial charge in [0.25, 0.3) is 0 Å². The fraction of sp³-hybridized carbons (Fsp3) is 0.100. The van der Waals surface area contributed by atoms with Crippen LogP contribution in [0.5, 0.6) is 0 Å². The summed E-state index contributed by atoms with van der Waals surface area (Å²) >= 11 is 2.36. The van der Waals surface area contributed by atoms with Gasteiger partial charge < -0.3 is 0 Å². The molecule has 0 saturated carbocycles. The number of hydrogen-bond donors (Lipinski definition) is 0. The van der Waals surface area contributed by atoms with Crippen molar-refractivity contribution in [3.05, 3.63) is 39.7 Å². The minimum atomic E-state index is 1.22. The smallest absolute Gasteiger partial charge is 0.0346 e. The van der Waals surface area contributed by atoms with Crippen molar-refractivity contribution in [2.45, 2.75) is 6.92 Å². The van der Waals surface area contributed by atoms with Crippen molar-refractivity contribution >= 4 is 33.4 Å². The molecular weight excluding hydrogens is 261 g/mol. The second-order valence-electron chi connectivity index (χ2n) is 2.79. The molecule has 12 heavy (non-hydrogen) atoms. The molecule has 0 aliphatic heterocycles. The lowest BCUT2D eigenvalue weighted by molar-refractivity contribution is 1.31. The maximum absolute atomic E-state index is 4.15. The van der Waals surface area contributed by atoms with E-state index < -0.39 is 0 Å². The lowest BCUT2D eigenvalue weighted by Gasteiger charge is -2.02. The first kappa shape index (κ1) is 7.98. The van der Waals surface area contributed by atoms with E-state index in [1.54, 1.807) is 0 Å². The first-order valence-corrected chi connectivity index (χ1v) is 4.86. The quantitative estimate of drug-likeness (QED) is 0.669. The first-order chi connectivity index (χ1) is 5.79. The zero-order chi connectivity index (χ0) is 8.55. The van der Waals surface area contributed by atoms with Gasteiger partial charge in [-0.1, -0.05) is 12.1 Å². The summed E-state index contributed by atoms with van der Waals surface area (Å²) < 4.78 is 1.30. The molecule has 1 nitrogen and oxygen atoms in total. The van der Waals surface area contributed by atoms with Gasteiger partial charge in [0.2, 0.25) is 0 Å². The minimum Gasteiger partial charge on any atom is -0.264 e. The van der Waals surface area contributed by atoms with Crippen molar-refractivity contribution in [1.29, 1.82) is 0 Å². The second kappa shape index (κ2) is 3.01. The van der Waals surface area contributed by atoms with Crippen molar-refractivity contribution in [2.24, 2.45) is 0 Å². The summed E-state index contributed by atoms with van der Waals surface area (Å²) in [4.78, 5) is 4.15. The Hall–Kier alpha value is -0.640. The van der Waals surface area contributed by atoms with Crippen molar-refractivity contribution in [3.63, 3.8) is 0 Å². The van der Waals surface area contributed by atoms with E-state index in [9.17, 15) is 0 Å². The van der Waals surface area contributed by atoms with Crippen LogP contribution in [0.2, 0.25) is 0 Å². The van der Waals surface area contributed by atoms with Crippen LogP contribution < -0.4 is 0 Å². The van der Waals surface area contributed by atoms with Crippen molar-refractivity contribution in [3.8, 4) is 0 Å². The van der Waals surface area contributed by atoms with Gasteiger partial charge in [-0.25, -0.2) is 0 Å². The second-order valence-corrected chi connectivity index (χ2v) is 3.96. The van der Waals surface area contributed by atoms with E-state index in [-0.39, 0.29) is 0 Å². The van der Waals surface area contributed by atoms with Crippen LogP contribution in [-0.4, -0.2) is 4.98 Å². The van der Waals surface area contributed by atoms with Gasteiger partial charge in [-0.3, -0.25) is 4.98 Å². The maximum atomic E-state index is 4.15. The Balaban J connectivity index is 2.96. The van der Waals surface area contributed by atoms with E-state index in [0.29, 0.717) is 0 Å². The van der Waals surface area contributed by atoms with Crippen LogP contribution >= 0.6 is 22.6 Å². The molecule has 0 aliphatic carbocycles. The van der Waals surface area contributed by atoms with Gasteiger partial charge in [0.1, 0.15) is 0 Å². The van der Waals surface area contributed by atoms with Gasteiger partial charge in [0.05, 0.1) is 0 Å². The summed E-state index contributed by atoms with van der Waals surface area (Å²) in [5.74, 6) is 0. The molecule has 2 heteroatoms. The Morgan fingerprint density at radius 3 is 2.83 bits per heavy atom. The molecule has 0 N–H and O–H groups in total.